The summed E-state index contributed by atoms with van der Waals surface area (Å²) in [5, 5.41) is -0.178. The summed E-state index contributed by atoms with van der Waals surface area (Å²) < 4.78 is 62.6. The Morgan fingerprint density at radius 3 is 2.25 bits per heavy atom. The zero-order valence-corrected chi connectivity index (χ0v) is 10.6. The fraction of sp³-hybridized carbons (Fsp3) is 0.375. The second kappa shape index (κ2) is 4.95. The summed E-state index contributed by atoms with van der Waals surface area (Å²) in [6.07, 6.45) is -8.12. The minimum atomic E-state index is -4.84. The highest BCUT2D eigenvalue weighted by Crippen LogP contribution is 2.39. The van der Waals surface area contributed by atoms with Crippen LogP contribution in [0.15, 0.2) is 10.7 Å². The monoisotopic (exact) mass is 367 g/mol. The highest BCUT2D eigenvalue weighted by atomic mass is 79.9. The fourth-order valence-electron chi connectivity index (χ4n) is 1.17. The van der Waals surface area contributed by atoms with E-state index in [1.165, 1.54) is 0 Å². The zero-order chi connectivity index (χ0) is 12.5. The summed E-state index contributed by atoms with van der Waals surface area (Å²) in [6.45, 7) is 0. The quantitative estimate of drug-likeness (QED) is 0.419. The van der Waals surface area contributed by atoms with Crippen LogP contribution in [0.25, 0.3) is 0 Å². The first-order chi connectivity index (χ1) is 7.27. The van der Waals surface area contributed by atoms with Crippen molar-refractivity contribution < 1.29 is 22.0 Å². The average Bonchev–Trinajstić information content (AvgIpc) is 2.14. The third-order valence-electron chi connectivity index (χ3n) is 1.73. The van der Waals surface area contributed by atoms with Crippen LogP contribution in [0, 0.1) is 0 Å². The van der Waals surface area contributed by atoms with Gasteiger partial charge in [0.05, 0.1) is 5.56 Å². The Morgan fingerprint density at radius 1 is 1.31 bits per heavy atom. The van der Waals surface area contributed by atoms with Crippen molar-refractivity contribution in [1.82, 2.24) is 4.98 Å². The molecule has 0 aliphatic carbocycles. The molecular formula is C8H4Br2F5N. The molecule has 0 saturated carbocycles. The minimum absolute atomic E-state index is 0.0507. The largest absolute Gasteiger partial charge is 0.418 e. The Kier molecular flexibility index (Phi) is 4.28. The van der Waals surface area contributed by atoms with Crippen LogP contribution >= 0.6 is 31.9 Å². The summed E-state index contributed by atoms with van der Waals surface area (Å²) in [4.78, 5) is 3.17. The highest BCUT2D eigenvalue weighted by Gasteiger charge is 2.39. The van der Waals surface area contributed by atoms with Gasteiger partial charge < -0.3 is 0 Å². The molecule has 0 aromatic carbocycles. The molecule has 0 aliphatic rings. The van der Waals surface area contributed by atoms with Gasteiger partial charge >= 0.3 is 6.18 Å². The van der Waals surface area contributed by atoms with Crippen LogP contribution in [0.1, 0.15) is 23.2 Å². The maximum atomic E-state index is 12.6. The molecule has 16 heavy (non-hydrogen) atoms. The first-order valence-electron chi connectivity index (χ1n) is 3.88. The van der Waals surface area contributed by atoms with Crippen LogP contribution < -0.4 is 0 Å². The Bertz CT molecular complexity index is 391. The number of nitrogens with zero attached hydrogens (tertiary/aromatic N) is 1. The molecule has 0 amide bonds. The Morgan fingerprint density at radius 2 is 1.88 bits per heavy atom. The summed E-state index contributed by atoms with van der Waals surface area (Å²) >= 11 is 5.62. The number of hydrogen-bond acceptors (Lipinski definition) is 1. The van der Waals surface area contributed by atoms with Gasteiger partial charge in [0.25, 0.3) is 6.43 Å². The number of alkyl halides is 6. The molecule has 0 N–H and O–H groups in total. The van der Waals surface area contributed by atoms with Gasteiger partial charge in [0.2, 0.25) is 0 Å². The van der Waals surface area contributed by atoms with E-state index in [9.17, 15) is 22.0 Å². The van der Waals surface area contributed by atoms with Crippen molar-refractivity contribution in [3.63, 3.8) is 0 Å². The molecule has 1 aromatic rings. The molecule has 90 valence electrons. The van der Waals surface area contributed by atoms with Gasteiger partial charge in [-0.3, -0.25) is 0 Å². The summed E-state index contributed by atoms with van der Waals surface area (Å²) in [7, 11) is 0. The molecule has 1 rings (SSSR count). The molecule has 1 nitrogen and oxygen atoms in total. The molecule has 0 aliphatic heterocycles. The third kappa shape index (κ3) is 2.91. The molecule has 0 radical (unpaired) electrons. The van der Waals surface area contributed by atoms with E-state index in [1.54, 1.807) is 0 Å². The standard InChI is InChI=1S/C8H4Br2F5N/c9-2-3-1-4(10)16-6(7(11)12)5(3)8(13,14)15/h1,7H,2H2. The maximum absolute atomic E-state index is 12.6. The maximum Gasteiger partial charge on any atom is 0.418 e. The molecule has 0 bridgehead atoms. The van der Waals surface area contributed by atoms with E-state index in [1.807, 2.05) is 0 Å². The van der Waals surface area contributed by atoms with Gasteiger partial charge in [0.15, 0.2) is 0 Å². The number of pyridine rings is 1. The van der Waals surface area contributed by atoms with Crippen molar-refractivity contribution in [3.05, 3.63) is 27.5 Å². The molecule has 1 aromatic heterocycles. The van der Waals surface area contributed by atoms with E-state index in [0.717, 1.165) is 6.07 Å². The lowest BCUT2D eigenvalue weighted by Gasteiger charge is -2.15. The molecule has 0 spiro atoms. The number of rotatable bonds is 2. The second-order valence-corrected chi connectivity index (χ2v) is 4.17. The SMILES string of the molecule is FC(F)c1nc(Br)cc(CBr)c1C(F)(F)F. The van der Waals surface area contributed by atoms with Gasteiger partial charge in [-0.2, -0.15) is 13.2 Å². The van der Waals surface area contributed by atoms with Gasteiger partial charge in [0.1, 0.15) is 10.3 Å². The van der Waals surface area contributed by atoms with Crippen LogP contribution in [0.2, 0.25) is 0 Å². The third-order valence-corrected chi connectivity index (χ3v) is 2.74. The topological polar surface area (TPSA) is 12.9 Å². The lowest BCUT2D eigenvalue weighted by molar-refractivity contribution is -0.140. The molecule has 0 atom stereocenters. The fourth-order valence-corrected chi connectivity index (χ4v) is 2.08. The van der Waals surface area contributed by atoms with Crippen molar-refractivity contribution >= 4 is 31.9 Å². The Balaban J connectivity index is 3.52. The lowest BCUT2D eigenvalue weighted by atomic mass is 10.1. The molecule has 8 heteroatoms. The van der Waals surface area contributed by atoms with Crippen molar-refractivity contribution in [3.8, 4) is 0 Å². The van der Waals surface area contributed by atoms with Gasteiger partial charge in [0, 0.05) is 5.33 Å². The van der Waals surface area contributed by atoms with E-state index < -0.39 is 23.9 Å². The van der Waals surface area contributed by atoms with Crippen LogP contribution in [0.3, 0.4) is 0 Å². The molecule has 0 unspecified atom stereocenters. The predicted octanol–water partition coefficient (Wildman–Crippen LogP) is 4.70. The van der Waals surface area contributed by atoms with Gasteiger partial charge in [-0.15, -0.1) is 0 Å². The van der Waals surface area contributed by atoms with Gasteiger partial charge in [-0.1, -0.05) is 15.9 Å². The van der Waals surface area contributed by atoms with Gasteiger partial charge in [-0.25, -0.2) is 13.8 Å². The van der Waals surface area contributed by atoms with Crippen LogP contribution in [0.5, 0.6) is 0 Å². The average molecular weight is 369 g/mol. The number of hydrogen-bond donors (Lipinski definition) is 0. The molecular weight excluding hydrogens is 365 g/mol. The number of aromatic nitrogens is 1. The zero-order valence-electron chi connectivity index (χ0n) is 7.45. The van der Waals surface area contributed by atoms with E-state index in [0.29, 0.717) is 0 Å². The molecule has 0 fully saturated rings. The summed E-state index contributed by atoms with van der Waals surface area (Å²) in [5.41, 5.74) is -2.90. The minimum Gasteiger partial charge on any atom is -0.239 e. The second-order valence-electron chi connectivity index (χ2n) is 2.80. The highest BCUT2D eigenvalue weighted by molar-refractivity contribution is 9.10. The lowest BCUT2D eigenvalue weighted by Crippen LogP contribution is -2.14. The summed E-state index contributed by atoms with van der Waals surface area (Å²) in [5.74, 6) is 0. The van der Waals surface area contributed by atoms with Crippen LogP contribution in [-0.2, 0) is 11.5 Å². The summed E-state index contributed by atoms with van der Waals surface area (Å²) in [6, 6.07) is 1.06. The van der Waals surface area contributed by atoms with Crippen molar-refractivity contribution in [1.29, 1.82) is 0 Å². The molecule has 0 saturated heterocycles. The van der Waals surface area contributed by atoms with Crippen molar-refractivity contribution in [2.45, 2.75) is 17.9 Å². The van der Waals surface area contributed by atoms with E-state index in [-0.39, 0.29) is 15.5 Å². The van der Waals surface area contributed by atoms with Crippen LogP contribution in [0.4, 0.5) is 22.0 Å². The Hall–Kier alpha value is -0.240. The normalized spacial score (nSPS) is 12.2. The first kappa shape index (κ1) is 13.8. The van der Waals surface area contributed by atoms with E-state index in [2.05, 4.69) is 36.8 Å². The predicted molar refractivity (Wildman–Crippen MR) is 54.5 cm³/mol. The Labute approximate surface area is 104 Å². The van der Waals surface area contributed by atoms with E-state index in [4.69, 9.17) is 0 Å². The van der Waals surface area contributed by atoms with Crippen molar-refractivity contribution in [2.75, 3.05) is 0 Å². The number of halogens is 7. The first-order valence-corrected chi connectivity index (χ1v) is 5.79. The van der Waals surface area contributed by atoms with Gasteiger partial charge in [-0.05, 0) is 27.6 Å². The van der Waals surface area contributed by atoms with Crippen LogP contribution in [-0.4, -0.2) is 4.98 Å². The molecule has 1 heterocycles. The smallest absolute Gasteiger partial charge is 0.239 e. The van der Waals surface area contributed by atoms with E-state index >= 15 is 0 Å². The van der Waals surface area contributed by atoms with Crippen molar-refractivity contribution in [2.24, 2.45) is 0 Å².